The normalized spacial score (nSPS) is 11.7. The topological polar surface area (TPSA) is 119 Å². The highest BCUT2D eigenvalue weighted by atomic mass is 19.1. The molecule has 0 aliphatic heterocycles. The molecule has 0 saturated heterocycles. The molecule has 2 aromatic heterocycles. The number of hydrogen-bond donors (Lipinski definition) is 3. The zero-order valence-electron chi connectivity index (χ0n) is 19.6. The highest BCUT2D eigenvalue weighted by Crippen LogP contribution is 2.32. The van der Waals surface area contributed by atoms with E-state index in [0.29, 0.717) is 28.8 Å². The number of nitrogen functional groups attached to an aromatic ring is 1. The number of anilines is 1. The molecule has 2 heterocycles. The number of nitrogens with zero attached hydrogens (tertiary/aromatic N) is 3. The number of carbonyl (C=O) groups is 1. The van der Waals surface area contributed by atoms with Crippen molar-refractivity contribution in [1.29, 1.82) is 0 Å². The average molecular weight is 463 g/mol. The Morgan fingerprint density at radius 1 is 1.18 bits per heavy atom. The number of aromatic nitrogens is 4. The van der Waals surface area contributed by atoms with Crippen LogP contribution in [0.3, 0.4) is 0 Å². The molecular weight excluding hydrogens is 435 g/mol. The fourth-order valence-electron chi connectivity index (χ4n) is 3.83. The number of benzene rings is 2. The van der Waals surface area contributed by atoms with Crippen LogP contribution >= 0.6 is 0 Å². The molecule has 8 nitrogen and oxygen atoms in total. The maximum Gasteiger partial charge on any atom is 0.290 e. The SMILES string of the molecule is Cc1ccc(C)c(C(=O)NCc2ccc(-c3nn(C(C)(C)CF)c4c(=O)[nH]nc(N)c34)cc2)c1. The van der Waals surface area contributed by atoms with Crippen molar-refractivity contribution < 1.29 is 9.18 Å². The minimum atomic E-state index is -1.05. The van der Waals surface area contributed by atoms with E-state index in [9.17, 15) is 14.0 Å². The van der Waals surface area contributed by atoms with Gasteiger partial charge in [-0.15, -0.1) is 0 Å². The largest absolute Gasteiger partial charge is 0.382 e. The van der Waals surface area contributed by atoms with Gasteiger partial charge in [-0.25, -0.2) is 9.49 Å². The summed E-state index contributed by atoms with van der Waals surface area (Å²) in [7, 11) is 0. The number of carbonyl (C=O) groups excluding carboxylic acids is 1. The van der Waals surface area contributed by atoms with Gasteiger partial charge in [0, 0.05) is 17.7 Å². The summed E-state index contributed by atoms with van der Waals surface area (Å²) in [6.07, 6.45) is 0. The van der Waals surface area contributed by atoms with Crippen molar-refractivity contribution in [3.05, 3.63) is 75.1 Å². The van der Waals surface area contributed by atoms with E-state index < -0.39 is 17.8 Å². The standard InChI is InChI=1S/C25H27FN6O2/c1-14-5-6-15(2)18(11-14)23(33)28-12-16-7-9-17(10-8-16)20-19-21(24(34)30-29-22(19)27)32(31-20)25(3,4)13-26/h5-11H,12-13H2,1-4H3,(H2,27,29)(H,28,33)(H,30,34). The maximum absolute atomic E-state index is 13.7. The van der Waals surface area contributed by atoms with E-state index in [0.717, 1.165) is 16.7 Å². The van der Waals surface area contributed by atoms with Crippen molar-refractivity contribution in [3.63, 3.8) is 0 Å². The molecule has 0 atom stereocenters. The number of alkyl halides is 1. The van der Waals surface area contributed by atoms with Gasteiger partial charge in [-0.3, -0.25) is 14.3 Å². The number of H-pyrrole nitrogens is 1. The third-order valence-corrected chi connectivity index (χ3v) is 5.85. The van der Waals surface area contributed by atoms with Crippen LogP contribution in [0.4, 0.5) is 10.2 Å². The first-order valence-electron chi connectivity index (χ1n) is 10.9. The predicted octanol–water partition coefficient (Wildman–Crippen LogP) is 3.62. The monoisotopic (exact) mass is 462 g/mol. The van der Waals surface area contributed by atoms with Gasteiger partial charge in [0.25, 0.3) is 11.5 Å². The molecule has 0 unspecified atom stereocenters. The zero-order valence-corrected chi connectivity index (χ0v) is 19.6. The predicted molar refractivity (Wildman–Crippen MR) is 130 cm³/mol. The molecular formula is C25H27FN6O2. The first-order valence-corrected chi connectivity index (χ1v) is 10.9. The van der Waals surface area contributed by atoms with Crippen LogP contribution in [0, 0.1) is 13.8 Å². The van der Waals surface area contributed by atoms with Gasteiger partial charge in [-0.2, -0.15) is 10.2 Å². The summed E-state index contributed by atoms with van der Waals surface area (Å²) in [4.78, 5) is 25.1. The van der Waals surface area contributed by atoms with Crippen molar-refractivity contribution in [2.75, 3.05) is 12.4 Å². The van der Waals surface area contributed by atoms with E-state index >= 15 is 0 Å². The number of halogens is 1. The van der Waals surface area contributed by atoms with E-state index in [-0.39, 0.29) is 17.2 Å². The lowest BCUT2D eigenvalue weighted by Crippen LogP contribution is -2.32. The Balaban J connectivity index is 1.64. The van der Waals surface area contributed by atoms with Gasteiger partial charge < -0.3 is 11.1 Å². The molecule has 0 aliphatic carbocycles. The van der Waals surface area contributed by atoms with Gasteiger partial charge in [0.05, 0.1) is 10.9 Å². The van der Waals surface area contributed by atoms with Crippen molar-refractivity contribution in [1.82, 2.24) is 25.3 Å². The molecule has 0 bridgehead atoms. The summed E-state index contributed by atoms with van der Waals surface area (Å²) in [6.45, 7) is 6.79. The van der Waals surface area contributed by atoms with Crippen molar-refractivity contribution in [2.24, 2.45) is 0 Å². The first-order chi connectivity index (χ1) is 16.1. The molecule has 0 spiro atoms. The number of rotatable bonds is 6. The second-order valence-corrected chi connectivity index (χ2v) is 9.07. The number of aromatic amines is 1. The molecule has 0 aliphatic rings. The number of aryl methyl sites for hydroxylation is 2. The Bertz CT molecular complexity index is 1440. The summed E-state index contributed by atoms with van der Waals surface area (Å²) in [6, 6.07) is 13.2. The molecule has 34 heavy (non-hydrogen) atoms. The van der Waals surface area contributed by atoms with E-state index in [1.807, 2.05) is 56.3 Å². The van der Waals surface area contributed by atoms with E-state index in [1.54, 1.807) is 13.8 Å². The van der Waals surface area contributed by atoms with E-state index in [2.05, 4.69) is 20.6 Å². The van der Waals surface area contributed by atoms with Crippen molar-refractivity contribution in [2.45, 2.75) is 39.8 Å². The van der Waals surface area contributed by atoms with Crippen LogP contribution < -0.4 is 16.6 Å². The van der Waals surface area contributed by atoms with Crippen LogP contribution in [0.1, 0.15) is 40.9 Å². The lowest BCUT2D eigenvalue weighted by molar-refractivity contribution is 0.0950. The number of amides is 1. The van der Waals surface area contributed by atoms with Gasteiger partial charge in [-0.1, -0.05) is 42.0 Å². The van der Waals surface area contributed by atoms with Crippen LogP contribution in [0.5, 0.6) is 0 Å². The molecule has 2 aromatic carbocycles. The number of hydrogen-bond acceptors (Lipinski definition) is 5. The Morgan fingerprint density at radius 2 is 1.88 bits per heavy atom. The Hall–Kier alpha value is -4.01. The second-order valence-electron chi connectivity index (χ2n) is 9.07. The third-order valence-electron chi connectivity index (χ3n) is 5.85. The molecule has 4 aromatic rings. The molecule has 0 radical (unpaired) electrons. The number of nitrogens with one attached hydrogen (secondary N) is 2. The third kappa shape index (κ3) is 4.16. The summed E-state index contributed by atoms with van der Waals surface area (Å²) < 4.78 is 15.1. The molecule has 0 fully saturated rings. The highest BCUT2D eigenvalue weighted by molar-refractivity contribution is 5.99. The summed E-state index contributed by atoms with van der Waals surface area (Å²) in [5, 5.41) is 14.1. The average Bonchev–Trinajstić information content (AvgIpc) is 3.25. The second kappa shape index (κ2) is 8.74. The molecule has 1 amide bonds. The van der Waals surface area contributed by atoms with Crippen LogP contribution in [-0.4, -0.2) is 32.6 Å². The maximum atomic E-state index is 13.7. The van der Waals surface area contributed by atoms with E-state index in [1.165, 1.54) is 4.68 Å². The minimum absolute atomic E-state index is 0.107. The highest BCUT2D eigenvalue weighted by Gasteiger charge is 2.28. The van der Waals surface area contributed by atoms with Gasteiger partial charge in [0.2, 0.25) is 0 Å². The number of fused-ring (bicyclic) bond motifs is 1. The Labute approximate surface area is 196 Å². The first kappa shape index (κ1) is 23.2. The molecule has 9 heteroatoms. The lowest BCUT2D eigenvalue weighted by Gasteiger charge is -2.21. The van der Waals surface area contributed by atoms with Gasteiger partial charge in [-0.05, 0) is 44.9 Å². The Kier molecular flexibility index (Phi) is 5.95. The fourth-order valence-corrected chi connectivity index (χ4v) is 3.83. The van der Waals surface area contributed by atoms with Crippen LogP contribution in [-0.2, 0) is 12.1 Å². The van der Waals surface area contributed by atoms with E-state index in [4.69, 9.17) is 5.73 Å². The molecule has 176 valence electrons. The Morgan fingerprint density at radius 3 is 2.56 bits per heavy atom. The zero-order chi connectivity index (χ0) is 24.6. The summed E-state index contributed by atoms with van der Waals surface area (Å²) >= 11 is 0. The van der Waals surface area contributed by atoms with Crippen LogP contribution in [0.15, 0.2) is 47.3 Å². The molecule has 0 saturated carbocycles. The minimum Gasteiger partial charge on any atom is -0.382 e. The van der Waals surface area contributed by atoms with Crippen LogP contribution in [0.25, 0.3) is 22.2 Å². The lowest BCUT2D eigenvalue weighted by atomic mass is 10.0. The summed E-state index contributed by atoms with van der Waals surface area (Å²) in [5.74, 6) is -0.0306. The summed E-state index contributed by atoms with van der Waals surface area (Å²) in [5.41, 5.74) is 9.33. The van der Waals surface area contributed by atoms with Gasteiger partial charge in [0.15, 0.2) is 5.82 Å². The van der Waals surface area contributed by atoms with Gasteiger partial charge in [0.1, 0.15) is 17.9 Å². The van der Waals surface area contributed by atoms with Gasteiger partial charge >= 0.3 is 0 Å². The quantitative estimate of drug-likeness (QED) is 0.404. The molecule has 4 rings (SSSR count). The van der Waals surface area contributed by atoms with Crippen molar-refractivity contribution >= 4 is 22.6 Å². The fraction of sp³-hybridized carbons (Fsp3) is 0.280. The number of nitrogens with two attached hydrogens (primary N) is 1. The van der Waals surface area contributed by atoms with Crippen LogP contribution in [0.2, 0.25) is 0 Å². The smallest absolute Gasteiger partial charge is 0.290 e. The molecule has 4 N–H and O–H groups in total. The van der Waals surface area contributed by atoms with Crippen molar-refractivity contribution in [3.8, 4) is 11.3 Å².